The minimum absolute atomic E-state index is 0. The number of carboxylic acids is 1. The van der Waals surface area contributed by atoms with E-state index in [9.17, 15) is 4.79 Å². The molecular formula is C9H13ClN2O2. The second kappa shape index (κ2) is 6.34. The lowest BCUT2D eigenvalue weighted by molar-refractivity contribution is -0.138. The summed E-state index contributed by atoms with van der Waals surface area (Å²) in [7, 11) is 0. The van der Waals surface area contributed by atoms with Gasteiger partial charge in [-0.2, -0.15) is 0 Å². The number of hydrogen-bond donors (Lipinski definition) is 2. The van der Waals surface area contributed by atoms with Crippen LogP contribution in [0.1, 0.15) is 12.0 Å². The molecule has 0 aliphatic carbocycles. The minimum atomic E-state index is -0.950. The molecule has 1 aromatic rings. The highest BCUT2D eigenvalue weighted by Gasteiger charge is 2.10. The van der Waals surface area contributed by atoms with E-state index in [0.29, 0.717) is 12.8 Å². The monoisotopic (exact) mass is 216 g/mol. The summed E-state index contributed by atoms with van der Waals surface area (Å²) in [6, 6.07) is 2.94. The molecule has 1 rings (SSSR count). The number of aliphatic carboxylic acids is 1. The highest BCUT2D eigenvalue weighted by atomic mass is 35.5. The van der Waals surface area contributed by atoms with Crippen molar-refractivity contribution in [2.75, 3.05) is 0 Å². The summed E-state index contributed by atoms with van der Waals surface area (Å²) < 4.78 is 0. The number of rotatable bonds is 4. The molecular weight excluding hydrogens is 204 g/mol. The molecule has 4 nitrogen and oxygen atoms in total. The Kier molecular flexibility index (Phi) is 5.83. The van der Waals surface area contributed by atoms with E-state index in [0.717, 1.165) is 5.56 Å². The summed E-state index contributed by atoms with van der Waals surface area (Å²) in [6.45, 7) is 0. The number of halogens is 1. The van der Waals surface area contributed by atoms with Crippen molar-refractivity contribution in [2.45, 2.75) is 18.9 Å². The van der Waals surface area contributed by atoms with Crippen LogP contribution in [0.5, 0.6) is 0 Å². The molecule has 5 heteroatoms. The van der Waals surface area contributed by atoms with E-state index in [1.165, 1.54) is 0 Å². The summed E-state index contributed by atoms with van der Waals surface area (Å²) >= 11 is 0. The number of nitrogens with two attached hydrogens (primary N) is 1. The van der Waals surface area contributed by atoms with E-state index < -0.39 is 12.0 Å². The molecule has 14 heavy (non-hydrogen) atoms. The van der Waals surface area contributed by atoms with Crippen molar-refractivity contribution in [3.05, 3.63) is 30.1 Å². The lowest BCUT2D eigenvalue weighted by atomic mass is 10.1. The quantitative estimate of drug-likeness (QED) is 0.782. The first kappa shape index (κ1) is 12.9. The molecule has 0 bridgehead atoms. The van der Waals surface area contributed by atoms with Crippen molar-refractivity contribution in [1.82, 2.24) is 4.98 Å². The zero-order chi connectivity index (χ0) is 9.68. The molecule has 78 valence electrons. The number of nitrogens with zero attached hydrogens (tertiary/aromatic N) is 1. The molecule has 1 atom stereocenters. The van der Waals surface area contributed by atoms with E-state index in [2.05, 4.69) is 4.98 Å². The van der Waals surface area contributed by atoms with Gasteiger partial charge in [-0.25, -0.2) is 0 Å². The molecule has 3 N–H and O–H groups in total. The highest BCUT2D eigenvalue weighted by molar-refractivity contribution is 5.85. The van der Waals surface area contributed by atoms with Gasteiger partial charge in [0.25, 0.3) is 0 Å². The van der Waals surface area contributed by atoms with Crippen molar-refractivity contribution in [3.63, 3.8) is 0 Å². The molecule has 1 aromatic heterocycles. The molecule has 0 aliphatic rings. The molecule has 0 saturated carbocycles. The van der Waals surface area contributed by atoms with Gasteiger partial charge in [0.15, 0.2) is 0 Å². The van der Waals surface area contributed by atoms with Crippen LogP contribution in [0.25, 0.3) is 0 Å². The Balaban J connectivity index is 0.00000169. The lowest BCUT2D eigenvalue weighted by Gasteiger charge is -2.05. The second-order valence-corrected chi connectivity index (χ2v) is 2.84. The van der Waals surface area contributed by atoms with E-state index in [4.69, 9.17) is 10.8 Å². The van der Waals surface area contributed by atoms with Gasteiger partial charge in [0.1, 0.15) is 6.04 Å². The van der Waals surface area contributed by atoms with E-state index in [1.54, 1.807) is 12.4 Å². The van der Waals surface area contributed by atoms with Crippen LogP contribution >= 0.6 is 12.4 Å². The maximum absolute atomic E-state index is 10.4. The van der Waals surface area contributed by atoms with Gasteiger partial charge in [0.05, 0.1) is 0 Å². The van der Waals surface area contributed by atoms with Crippen LogP contribution in [-0.2, 0) is 11.2 Å². The van der Waals surface area contributed by atoms with Gasteiger partial charge < -0.3 is 10.8 Å². The molecule has 0 amide bonds. The van der Waals surface area contributed by atoms with Gasteiger partial charge in [0.2, 0.25) is 0 Å². The fraction of sp³-hybridized carbons (Fsp3) is 0.333. The van der Waals surface area contributed by atoms with Crippen LogP contribution in [0.3, 0.4) is 0 Å². The average molecular weight is 217 g/mol. The molecule has 0 spiro atoms. The van der Waals surface area contributed by atoms with Crippen LogP contribution in [0.2, 0.25) is 0 Å². The number of carbonyl (C=O) groups is 1. The number of carboxylic acid groups (broad SMARTS) is 1. The number of aryl methyl sites for hydroxylation is 1. The Labute approximate surface area is 88.6 Å². The SMILES string of the molecule is Cl.NC(CCc1ccncc1)C(=O)O. The van der Waals surface area contributed by atoms with Gasteiger partial charge in [-0.05, 0) is 30.5 Å². The van der Waals surface area contributed by atoms with Gasteiger partial charge >= 0.3 is 5.97 Å². The standard InChI is InChI=1S/C9H12N2O2.ClH/c10-8(9(12)13)2-1-7-3-5-11-6-4-7;/h3-6,8H,1-2,10H2,(H,12,13);1H. The van der Waals surface area contributed by atoms with Gasteiger partial charge in [-0.3, -0.25) is 9.78 Å². The number of pyridine rings is 1. The molecule has 1 heterocycles. The zero-order valence-corrected chi connectivity index (χ0v) is 8.41. The van der Waals surface area contributed by atoms with Crippen molar-refractivity contribution >= 4 is 18.4 Å². The number of hydrogen-bond acceptors (Lipinski definition) is 3. The van der Waals surface area contributed by atoms with E-state index in [-0.39, 0.29) is 12.4 Å². The van der Waals surface area contributed by atoms with Crippen LogP contribution in [0.4, 0.5) is 0 Å². The fourth-order valence-electron chi connectivity index (χ4n) is 0.995. The summed E-state index contributed by atoms with van der Waals surface area (Å²) in [5.41, 5.74) is 6.41. The van der Waals surface area contributed by atoms with Crippen molar-refractivity contribution in [1.29, 1.82) is 0 Å². The third-order valence-corrected chi connectivity index (χ3v) is 1.81. The molecule has 1 unspecified atom stereocenters. The van der Waals surface area contributed by atoms with Gasteiger partial charge in [-0.1, -0.05) is 0 Å². The Bertz CT molecular complexity index is 279. The number of aromatic nitrogens is 1. The van der Waals surface area contributed by atoms with Crippen LogP contribution in [-0.4, -0.2) is 22.1 Å². The highest BCUT2D eigenvalue weighted by Crippen LogP contribution is 2.02. The first-order chi connectivity index (χ1) is 6.20. The predicted octanol–water partition coefficient (Wildman–Crippen LogP) is 0.848. The Hall–Kier alpha value is -1.13. The van der Waals surface area contributed by atoms with Crippen molar-refractivity contribution < 1.29 is 9.90 Å². The Morgan fingerprint density at radius 1 is 1.50 bits per heavy atom. The van der Waals surface area contributed by atoms with Crippen LogP contribution < -0.4 is 5.73 Å². The molecule has 0 fully saturated rings. The first-order valence-corrected chi connectivity index (χ1v) is 4.07. The third kappa shape index (κ3) is 4.20. The third-order valence-electron chi connectivity index (χ3n) is 1.81. The Morgan fingerprint density at radius 3 is 2.57 bits per heavy atom. The second-order valence-electron chi connectivity index (χ2n) is 2.84. The van der Waals surface area contributed by atoms with Crippen LogP contribution in [0.15, 0.2) is 24.5 Å². The first-order valence-electron chi connectivity index (χ1n) is 4.07. The van der Waals surface area contributed by atoms with Crippen molar-refractivity contribution in [2.24, 2.45) is 5.73 Å². The average Bonchev–Trinajstić information content (AvgIpc) is 2.15. The molecule has 0 radical (unpaired) electrons. The summed E-state index contributed by atoms with van der Waals surface area (Å²) in [5.74, 6) is -0.950. The van der Waals surface area contributed by atoms with Gasteiger partial charge in [-0.15, -0.1) is 12.4 Å². The van der Waals surface area contributed by atoms with Gasteiger partial charge in [0, 0.05) is 12.4 Å². The molecule has 0 aliphatic heterocycles. The fourth-order valence-corrected chi connectivity index (χ4v) is 0.995. The largest absolute Gasteiger partial charge is 0.480 e. The summed E-state index contributed by atoms with van der Waals surface area (Å²) in [4.78, 5) is 14.2. The van der Waals surface area contributed by atoms with E-state index >= 15 is 0 Å². The zero-order valence-electron chi connectivity index (χ0n) is 7.59. The Morgan fingerprint density at radius 2 is 2.07 bits per heavy atom. The van der Waals surface area contributed by atoms with Crippen molar-refractivity contribution in [3.8, 4) is 0 Å². The van der Waals surface area contributed by atoms with Crippen LogP contribution in [0, 0.1) is 0 Å². The van der Waals surface area contributed by atoms with E-state index in [1.807, 2.05) is 12.1 Å². The maximum Gasteiger partial charge on any atom is 0.320 e. The smallest absolute Gasteiger partial charge is 0.320 e. The molecule has 0 saturated heterocycles. The predicted molar refractivity (Wildman–Crippen MR) is 55.4 cm³/mol. The summed E-state index contributed by atoms with van der Waals surface area (Å²) in [5, 5.41) is 8.52. The summed E-state index contributed by atoms with van der Waals surface area (Å²) in [6.07, 6.45) is 4.50. The lowest BCUT2D eigenvalue weighted by Crippen LogP contribution is -2.30. The maximum atomic E-state index is 10.4. The topological polar surface area (TPSA) is 76.2 Å². The molecule has 0 aromatic carbocycles. The normalized spacial score (nSPS) is 11.5. The minimum Gasteiger partial charge on any atom is -0.480 e.